The minimum atomic E-state index is -0.284. The predicted molar refractivity (Wildman–Crippen MR) is 93.2 cm³/mol. The van der Waals surface area contributed by atoms with Crippen molar-refractivity contribution in [1.29, 1.82) is 0 Å². The van der Waals surface area contributed by atoms with E-state index in [1.54, 1.807) is 12.1 Å². The second-order valence-corrected chi connectivity index (χ2v) is 7.17. The molecule has 134 valence electrons. The molecule has 1 aliphatic heterocycles. The molecule has 1 fully saturated rings. The number of aromatic nitrogens is 1. The molecule has 5 nitrogen and oxygen atoms in total. The highest BCUT2D eigenvalue weighted by molar-refractivity contribution is 5.82. The maximum absolute atomic E-state index is 13.0. The number of benzene rings is 1. The first kappa shape index (κ1) is 17.6. The lowest BCUT2D eigenvalue weighted by atomic mass is 9.98. The molecule has 6 heteroatoms. The van der Waals surface area contributed by atoms with Gasteiger partial charge in [0.15, 0.2) is 5.76 Å². The van der Waals surface area contributed by atoms with Crippen molar-refractivity contribution in [1.82, 2.24) is 15.4 Å². The van der Waals surface area contributed by atoms with Crippen LogP contribution in [0, 0.1) is 11.7 Å². The average Bonchev–Trinajstić information content (AvgIpc) is 2.99. The van der Waals surface area contributed by atoms with Crippen molar-refractivity contribution >= 4 is 5.91 Å². The summed E-state index contributed by atoms with van der Waals surface area (Å²) in [5, 5.41) is 7.16. The Kier molecular flexibility index (Phi) is 5.18. The Labute approximate surface area is 147 Å². The van der Waals surface area contributed by atoms with Gasteiger partial charge in [0.25, 0.3) is 0 Å². The maximum atomic E-state index is 13.0. The van der Waals surface area contributed by atoms with Crippen molar-refractivity contribution in [3.63, 3.8) is 0 Å². The van der Waals surface area contributed by atoms with Crippen LogP contribution in [0.15, 0.2) is 34.9 Å². The second-order valence-electron chi connectivity index (χ2n) is 7.17. The first-order valence-electron chi connectivity index (χ1n) is 8.68. The molecule has 1 aliphatic rings. The molecular weight excluding hydrogens is 321 g/mol. The van der Waals surface area contributed by atoms with Crippen molar-refractivity contribution < 1.29 is 13.7 Å². The number of rotatable bonds is 5. The molecule has 1 aromatic heterocycles. The third-order valence-electron chi connectivity index (χ3n) is 4.39. The summed E-state index contributed by atoms with van der Waals surface area (Å²) < 4.78 is 18.4. The zero-order valence-corrected chi connectivity index (χ0v) is 14.8. The van der Waals surface area contributed by atoms with E-state index in [0.717, 1.165) is 24.2 Å². The molecule has 1 saturated heterocycles. The summed E-state index contributed by atoms with van der Waals surface area (Å²) in [6, 6.07) is 7.94. The highest BCUT2D eigenvalue weighted by Gasteiger charge is 2.33. The third-order valence-corrected chi connectivity index (χ3v) is 4.39. The van der Waals surface area contributed by atoms with Crippen molar-refractivity contribution in [2.45, 2.75) is 45.8 Å². The lowest BCUT2D eigenvalue weighted by Crippen LogP contribution is -2.59. The van der Waals surface area contributed by atoms with Crippen molar-refractivity contribution in [2.75, 3.05) is 6.54 Å². The van der Waals surface area contributed by atoms with Gasteiger partial charge in [0.05, 0.1) is 11.7 Å². The molecule has 0 aliphatic carbocycles. The van der Waals surface area contributed by atoms with Gasteiger partial charge >= 0.3 is 0 Å². The number of amides is 1. The lowest BCUT2D eigenvalue weighted by molar-refractivity contribution is -0.131. The zero-order valence-electron chi connectivity index (χ0n) is 14.8. The number of carbonyl (C=O) groups excluding carboxylic acids is 1. The van der Waals surface area contributed by atoms with Crippen LogP contribution < -0.4 is 5.32 Å². The summed E-state index contributed by atoms with van der Waals surface area (Å²) >= 11 is 0. The molecular formula is C19H24FN3O2. The highest BCUT2D eigenvalue weighted by Crippen LogP contribution is 2.23. The lowest BCUT2D eigenvalue weighted by Gasteiger charge is -2.38. The minimum absolute atomic E-state index is 0.0784. The molecule has 0 bridgehead atoms. The Bertz CT molecular complexity index is 727. The first-order valence-corrected chi connectivity index (χ1v) is 8.68. The van der Waals surface area contributed by atoms with Gasteiger partial charge < -0.3 is 9.84 Å². The smallest absolute Gasteiger partial charge is 0.237 e. The standard InChI is InChI=1S/C19H24FN3O2/c1-12(2)8-17-19(24)21-13(3)10-23(17)11-16-9-18(25-22-16)14-4-6-15(20)7-5-14/h4-7,9,12-13,17H,8,10-11H2,1-3H3,(H,21,24). The van der Waals surface area contributed by atoms with Crippen LogP contribution in [0.4, 0.5) is 4.39 Å². The molecule has 2 atom stereocenters. The van der Waals surface area contributed by atoms with E-state index in [4.69, 9.17) is 4.52 Å². The summed E-state index contributed by atoms with van der Waals surface area (Å²) in [7, 11) is 0. The Hall–Kier alpha value is -2.21. The fourth-order valence-corrected chi connectivity index (χ4v) is 3.25. The number of piperazine rings is 1. The van der Waals surface area contributed by atoms with Crippen LogP contribution in [-0.4, -0.2) is 34.6 Å². The van der Waals surface area contributed by atoms with Gasteiger partial charge in [-0.3, -0.25) is 9.69 Å². The number of hydrogen-bond donors (Lipinski definition) is 1. The third kappa shape index (κ3) is 4.25. The number of hydrogen-bond acceptors (Lipinski definition) is 4. The molecule has 1 N–H and O–H groups in total. The molecule has 2 aromatic rings. The Morgan fingerprint density at radius 1 is 1.36 bits per heavy atom. The van der Waals surface area contributed by atoms with Crippen LogP contribution in [-0.2, 0) is 11.3 Å². The number of carbonyl (C=O) groups is 1. The SMILES string of the molecule is CC(C)CC1C(=O)NC(C)CN1Cc1cc(-c2ccc(F)cc2)on1. The number of nitrogens with zero attached hydrogens (tertiary/aromatic N) is 2. The molecule has 1 aromatic carbocycles. The summed E-state index contributed by atoms with van der Waals surface area (Å²) in [6.45, 7) is 7.57. The summed E-state index contributed by atoms with van der Waals surface area (Å²) in [4.78, 5) is 14.5. The van der Waals surface area contributed by atoms with Gasteiger partial charge in [-0.25, -0.2) is 4.39 Å². The first-order chi connectivity index (χ1) is 11.9. The topological polar surface area (TPSA) is 58.4 Å². The van der Waals surface area contributed by atoms with Crippen LogP contribution >= 0.6 is 0 Å². The monoisotopic (exact) mass is 345 g/mol. The van der Waals surface area contributed by atoms with Crippen molar-refractivity contribution in [3.8, 4) is 11.3 Å². The normalized spacial score (nSPS) is 21.6. The molecule has 2 heterocycles. The summed E-state index contributed by atoms with van der Waals surface area (Å²) in [6.07, 6.45) is 0.807. The Morgan fingerprint density at radius 2 is 2.08 bits per heavy atom. The predicted octanol–water partition coefficient (Wildman–Crippen LogP) is 3.22. The van der Waals surface area contributed by atoms with E-state index >= 15 is 0 Å². The largest absolute Gasteiger partial charge is 0.356 e. The van der Waals surface area contributed by atoms with Gasteiger partial charge in [0.2, 0.25) is 5.91 Å². The van der Waals surface area contributed by atoms with E-state index in [9.17, 15) is 9.18 Å². The summed E-state index contributed by atoms with van der Waals surface area (Å²) in [5.74, 6) is 0.826. The fraction of sp³-hybridized carbons (Fsp3) is 0.474. The van der Waals surface area contributed by atoms with Crippen molar-refractivity contribution in [3.05, 3.63) is 41.8 Å². The van der Waals surface area contributed by atoms with Crippen LogP contribution in [0.25, 0.3) is 11.3 Å². The average molecular weight is 345 g/mol. The fourth-order valence-electron chi connectivity index (χ4n) is 3.25. The van der Waals surface area contributed by atoms with Gasteiger partial charge in [-0.05, 0) is 43.5 Å². The van der Waals surface area contributed by atoms with Gasteiger partial charge in [-0.1, -0.05) is 19.0 Å². The number of halogens is 1. The van der Waals surface area contributed by atoms with Gasteiger partial charge in [0.1, 0.15) is 5.82 Å². The van der Waals surface area contributed by atoms with Crippen LogP contribution in [0.1, 0.15) is 32.9 Å². The molecule has 1 amide bonds. The summed E-state index contributed by atoms with van der Waals surface area (Å²) in [5.41, 5.74) is 1.55. The van der Waals surface area contributed by atoms with Crippen LogP contribution in [0.2, 0.25) is 0 Å². The molecule has 2 unspecified atom stereocenters. The van der Waals surface area contributed by atoms with Gasteiger partial charge in [-0.2, -0.15) is 0 Å². The molecule has 0 spiro atoms. The number of nitrogens with one attached hydrogen (secondary N) is 1. The van der Waals surface area contributed by atoms with E-state index in [0.29, 0.717) is 18.2 Å². The quantitative estimate of drug-likeness (QED) is 0.904. The van der Waals surface area contributed by atoms with E-state index in [1.807, 2.05) is 13.0 Å². The highest BCUT2D eigenvalue weighted by atomic mass is 19.1. The van der Waals surface area contributed by atoms with E-state index in [1.165, 1.54) is 12.1 Å². The molecule has 25 heavy (non-hydrogen) atoms. The molecule has 0 saturated carbocycles. The molecule has 0 radical (unpaired) electrons. The Morgan fingerprint density at radius 3 is 2.76 bits per heavy atom. The van der Waals surface area contributed by atoms with E-state index in [-0.39, 0.29) is 23.8 Å². The Balaban J connectivity index is 1.75. The van der Waals surface area contributed by atoms with Gasteiger partial charge in [0, 0.05) is 30.8 Å². The van der Waals surface area contributed by atoms with Gasteiger partial charge in [-0.15, -0.1) is 0 Å². The van der Waals surface area contributed by atoms with E-state index < -0.39 is 0 Å². The zero-order chi connectivity index (χ0) is 18.0. The van der Waals surface area contributed by atoms with Crippen LogP contribution in [0.5, 0.6) is 0 Å². The maximum Gasteiger partial charge on any atom is 0.237 e. The van der Waals surface area contributed by atoms with E-state index in [2.05, 4.69) is 29.2 Å². The minimum Gasteiger partial charge on any atom is -0.356 e. The van der Waals surface area contributed by atoms with Crippen molar-refractivity contribution in [2.24, 2.45) is 5.92 Å². The second kappa shape index (κ2) is 7.35. The molecule has 3 rings (SSSR count). The van der Waals surface area contributed by atoms with Crippen LogP contribution in [0.3, 0.4) is 0 Å².